The molecule has 114 valence electrons. The molecule has 0 N–H and O–H groups in total. The Hall–Kier alpha value is -2.62. The highest BCUT2D eigenvalue weighted by atomic mass is 16.6. The third-order valence-corrected chi connectivity index (χ3v) is 3.23. The molecule has 0 aliphatic rings. The van der Waals surface area contributed by atoms with Crippen molar-refractivity contribution in [2.75, 3.05) is 0 Å². The average Bonchev–Trinajstić information content (AvgIpc) is 2.44. The molecule has 2 aromatic rings. The van der Waals surface area contributed by atoms with Crippen molar-refractivity contribution in [1.82, 2.24) is 0 Å². The molecule has 2 aromatic carbocycles. The number of hydrogen-bond donors (Lipinski definition) is 0. The molecule has 4 nitrogen and oxygen atoms in total. The van der Waals surface area contributed by atoms with Crippen LogP contribution in [-0.2, 0) is 9.59 Å². The van der Waals surface area contributed by atoms with Crippen LogP contribution in [-0.4, -0.2) is 11.9 Å². The van der Waals surface area contributed by atoms with Gasteiger partial charge in [0.05, 0.1) is 0 Å². The average molecular weight is 298 g/mol. The first-order valence-electron chi connectivity index (χ1n) is 6.95. The van der Waals surface area contributed by atoms with E-state index in [-0.39, 0.29) is 0 Å². The third kappa shape index (κ3) is 3.73. The van der Waals surface area contributed by atoms with Crippen LogP contribution in [0.3, 0.4) is 0 Å². The molecular weight excluding hydrogens is 280 g/mol. The molecule has 0 saturated carbocycles. The summed E-state index contributed by atoms with van der Waals surface area (Å²) in [5, 5.41) is 0. The number of carbonyl (C=O) groups is 2. The van der Waals surface area contributed by atoms with Crippen molar-refractivity contribution >= 4 is 11.9 Å². The van der Waals surface area contributed by atoms with Crippen LogP contribution < -0.4 is 9.47 Å². The van der Waals surface area contributed by atoms with Crippen LogP contribution in [0, 0.1) is 27.7 Å². The molecule has 0 bridgehead atoms. The van der Waals surface area contributed by atoms with Crippen molar-refractivity contribution in [3.05, 3.63) is 58.7 Å². The lowest BCUT2D eigenvalue weighted by molar-refractivity contribution is -0.156. The predicted molar refractivity (Wildman–Crippen MR) is 83.1 cm³/mol. The molecule has 0 aliphatic heterocycles. The van der Waals surface area contributed by atoms with Crippen molar-refractivity contribution in [2.45, 2.75) is 27.7 Å². The van der Waals surface area contributed by atoms with Gasteiger partial charge in [-0.05, 0) is 51.0 Å². The number of esters is 2. The molecular formula is C18H18O4. The van der Waals surface area contributed by atoms with E-state index in [4.69, 9.17) is 9.47 Å². The first kappa shape index (κ1) is 15.8. The lowest BCUT2D eigenvalue weighted by atomic mass is 10.1. The Bertz CT molecular complexity index is 668. The topological polar surface area (TPSA) is 52.6 Å². The summed E-state index contributed by atoms with van der Waals surface area (Å²) >= 11 is 0. The highest BCUT2D eigenvalue weighted by Gasteiger charge is 2.21. The summed E-state index contributed by atoms with van der Waals surface area (Å²) in [5.41, 5.74) is 3.67. The SMILES string of the molecule is Cc1ccc(OC(=O)C(=O)Oc2ccc(C)cc2C)c(C)c1. The van der Waals surface area contributed by atoms with Gasteiger partial charge >= 0.3 is 11.9 Å². The zero-order chi connectivity index (χ0) is 16.3. The normalized spacial score (nSPS) is 10.2. The Labute approximate surface area is 129 Å². The Morgan fingerprint density at radius 1 is 0.682 bits per heavy atom. The summed E-state index contributed by atoms with van der Waals surface area (Å²) in [6.07, 6.45) is 0. The van der Waals surface area contributed by atoms with Crippen LogP contribution in [0.15, 0.2) is 36.4 Å². The molecule has 0 amide bonds. The molecule has 0 radical (unpaired) electrons. The summed E-state index contributed by atoms with van der Waals surface area (Å²) in [6, 6.07) is 10.7. The minimum atomic E-state index is -1.04. The first-order chi connectivity index (χ1) is 10.4. The molecule has 4 heteroatoms. The fourth-order valence-electron chi connectivity index (χ4n) is 2.11. The summed E-state index contributed by atoms with van der Waals surface area (Å²) in [4.78, 5) is 23.7. The molecule has 0 saturated heterocycles. The second kappa shape index (κ2) is 6.43. The zero-order valence-corrected chi connectivity index (χ0v) is 13.1. The van der Waals surface area contributed by atoms with Gasteiger partial charge in [0, 0.05) is 0 Å². The van der Waals surface area contributed by atoms with Gasteiger partial charge in [0.2, 0.25) is 0 Å². The molecule has 2 rings (SSSR count). The van der Waals surface area contributed by atoms with E-state index >= 15 is 0 Å². The number of benzene rings is 2. The minimum absolute atomic E-state index is 0.355. The van der Waals surface area contributed by atoms with Crippen molar-refractivity contribution in [2.24, 2.45) is 0 Å². The maximum Gasteiger partial charge on any atom is 0.423 e. The lowest BCUT2D eigenvalue weighted by Crippen LogP contribution is -2.26. The van der Waals surface area contributed by atoms with Gasteiger partial charge in [-0.3, -0.25) is 0 Å². The van der Waals surface area contributed by atoms with Gasteiger partial charge in [-0.2, -0.15) is 0 Å². The van der Waals surface area contributed by atoms with Gasteiger partial charge in [0.1, 0.15) is 11.5 Å². The second-order valence-corrected chi connectivity index (χ2v) is 5.32. The first-order valence-corrected chi connectivity index (χ1v) is 6.95. The van der Waals surface area contributed by atoms with E-state index in [1.807, 2.05) is 52.0 Å². The molecule has 0 aliphatic carbocycles. The van der Waals surface area contributed by atoms with Crippen molar-refractivity contribution in [3.63, 3.8) is 0 Å². The fraction of sp³-hybridized carbons (Fsp3) is 0.222. The Morgan fingerprint density at radius 2 is 1.05 bits per heavy atom. The molecule has 0 unspecified atom stereocenters. The number of rotatable bonds is 2. The third-order valence-electron chi connectivity index (χ3n) is 3.23. The number of aryl methyl sites for hydroxylation is 4. The van der Waals surface area contributed by atoms with Gasteiger partial charge in [0.25, 0.3) is 0 Å². The molecule has 0 atom stereocenters. The van der Waals surface area contributed by atoms with Gasteiger partial charge in [0.15, 0.2) is 0 Å². The van der Waals surface area contributed by atoms with Crippen LogP contribution in [0.25, 0.3) is 0 Å². The summed E-state index contributed by atoms with van der Waals surface area (Å²) in [6.45, 7) is 7.50. The van der Waals surface area contributed by atoms with Crippen LogP contribution >= 0.6 is 0 Å². The number of hydrogen-bond acceptors (Lipinski definition) is 4. The maximum absolute atomic E-state index is 11.8. The molecule has 22 heavy (non-hydrogen) atoms. The van der Waals surface area contributed by atoms with E-state index in [2.05, 4.69) is 0 Å². The Kier molecular flexibility index (Phi) is 4.61. The highest BCUT2D eigenvalue weighted by Crippen LogP contribution is 2.21. The molecule has 0 aromatic heterocycles. The summed E-state index contributed by atoms with van der Waals surface area (Å²) < 4.78 is 10.2. The number of carbonyl (C=O) groups excluding carboxylic acids is 2. The monoisotopic (exact) mass is 298 g/mol. The standard InChI is InChI=1S/C18H18O4/c1-11-5-7-15(13(3)9-11)21-17(19)18(20)22-16-8-6-12(2)10-14(16)4/h5-10H,1-4H3. The molecule has 0 fully saturated rings. The molecule has 0 spiro atoms. The Balaban J connectivity index is 2.07. The largest absolute Gasteiger partial charge is 0.423 e. The van der Waals surface area contributed by atoms with Crippen LogP contribution in [0.2, 0.25) is 0 Å². The Morgan fingerprint density at radius 3 is 1.36 bits per heavy atom. The quantitative estimate of drug-likeness (QED) is 0.484. The smallest absolute Gasteiger partial charge is 0.418 e. The van der Waals surface area contributed by atoms with E-state index in [0.717, 1.165) is 22.3 Å². The van der Waals surface area contributed by atoms with Crippen LogP contribution in [0.5, 0.6) is 11.5 Å². The fourth-order valence-corrected chi connectivity index (χ4v) is 2.11. The van der Waals surface area contributed by atoms with Crippen LogP contribution in [0.4, 0.5) is 0 Å². The van der Waals surface area contributed by atoms with Gasteiger partial charge in [-0.1, -0.05) is 35.4 Å². The van der Waals surface area contributed by atoms with Crippen molar-refractivity contribution in [3.8, 4) is 11.5 Å². The zero-order valence-electron chi connectivity index (χ0n) is 13.1. The van der Waals surface area contributed by atoms with Crippen LogP contribution in [0.1, 0.15) is 22.3 Å². The molecule has 0 heterocycles. The van der Waals surface area contributed by atoms with E-state index in [9.17, 15) is 9.59 Å². The van der Waals surface area contributed by atoms with E-state index < -0.39 is 11.9 Å². The van der Waals surface area contributed by atoms with E-state index in [1.165, 1.54) is 0 Å². The van der Waals surface area contributed by atoms with Gasteiger partial charge in [-0.25, -0.2) is 9.59 Å². The van der Waals surface area contributed by atoms with Crippen molar-refractivity contribution in [1.29, 1.82) is 0 Å². The maximum atomic E-state index is 11.8. The van der Waals surface area contributed by atoms with E-state index in [1.54, 1.807) is 12.1 Å². The summed E-state index contributed by atoms with van der Waals surface area (Å²) in [5.74, 6) is -1.36. The van der Waals surface area contributed by atoms with Gasteiger partial charge < -0.3 is 9.47 Å². The predicted octanol–water partition coefficient (Wildman–Crippen LogP) is 3.43. The minimum Gasteiger partial charge on any atom is -0.418 e. The second-order valence-electron chi connectivity index (χ2n) is 5.32. The van der Waals surface area contributed by atoms with Crippen molar-refractivity contribution < 1.29 is 19.1 Å². The van der Waals surface area contributed by atoms with Gasteiger partial charge in [-0.15, -0.1) is 0 Å². The number of ether oxygens (including phenoxy) is 2. The summed E-state index contributed by atoms with van der Waals surface area (Å²) in [7, 11) is 0. The van der Waals surface area contributed by atoms with E-state index in [0.29, 0.717) is 11.5 Å². The lowest BCUT2D eigenvalue weighted by Gasteiger charge is -2.09. The highest BCUT2D eigenvalue weighted by molar-refractivity contribution is 6.31.